The van der Waals surface area contributed by atoms with E-state index in [-0.39, 0.29) is 5.82 Å². The summed E-state index contributed by atoms with van der Waals surface area (Å²) in [5, 5.41) is 0. The molecular weight excluding hydrogens is 353 g/mol. The zero-order valence-corrected chi connectivity index (χ0v) is 16.0. The van der Waals surface area contributed by atoms with Crippen molar-refractivity contribution in [2.45, 2.75) is 6.54 Å². The van der Waals surface area contributed by atoms with E-state index in [1.807, 2.05) is 37.5 Å². The summed E-state index contributed by atoms with van der Waals surface area (Å²) < 4.78 is 13.1. The van der Waals surface area contributed by atoms with Crippen LogP contribution in [0.3, 0.4) is 0 Å². The predicted octanol–water partition coefficient (Wildman–Crippen LogP) is 3.58. The molecule has 3 aromatic rings. The van der Waals surface area contributed by atoms with Gasteiger partial charge in [-0.05, 0) is 35.9 Å². The molecule has 0 atom stereocenters. The van der Waals surface area contributed by atoms with Crippen molar-refractivity contribution in [3.8, 4) is 0 Å². The predicted molar refractivity (Wildman–Crippen MR) is 111 cm³/mol. The van der Waals surface area contributed by atoms with E-state index in [0.29, 0.717) is 0 Å². The van der Waals surface area contributed by atoms with E-state index in [9.17, 15) is 4.39 Å². The largest absolute Gasteiger partial charge is 0.368 e. The molecule has 0 N–H and O–H groups in total. The first-order valence-electron chi connectivity index (χ1n) is 9.52. The van der Waals surface area contributed by atoms with Gasteiger partial charge in [-0.25, -0.2) is 9.37 Å². The summed E-state index contributed by atoms with van der Waals surface area (Å²) in [6.45, 7) is 4.19. The van der Waals surface area contributed by atoms with Gasteiger partial charge in [0.15, 0.2) is 0 Å². The summed E-state index contributed by atoms with van der Waals surface area (Å²) in [5.41, 5.74) is 2.30. The number of halogens is 1. The van der Waals surface area contributed by atoms with Crippen molar-refractivity contribution in [1.82, 2.24) is 9.97 Å². The summed E-state index contributed by atoms with van der Waals surface area (Å²) in [6, 6.07) is 19.0. The lowest BCUT2D eigenvalue weighted by atomic mass is 10.2. The molecule has 28 heavy (non-hydrogen) atoms. The van der Waals surface area contributed by atoms with E-state index in [1.165, 1.54) is 17.7 Å². The number of piperazine rings is 1. The molecule has 0 bridgehead atoms. The first-order chi connectivity index (χ1) is 13.7. The van der Waals surface area contributed by atoms with Gasteiger partial charge in [0, 0.05) is 51.7 Å². The van der Waals surface area contributed by atoms with Crippen LogP contribution in [0.25, 0.3) is 0 Å². The quantitative estimate of drug-likeness (QED) is 0.679. The Morgan fingerprint density at radius 2 is 1.57 bits per heavy atom. The van der Waals surface area contributed by atoms with Gasteiger partial charge in [-0.2, -0.15) is 4.98 Å². The zero-order valence-electron chi connectivity index (χ0n) is 16.0. The summed E-state index contributed by atoms with van der Waals surface area (Å²) in [4.78, 5) is 15.9. The monoisotopic (exact) mass is 377 g/mol. The Hall–Kier alpha value is -3.15. The Labute approximate surface area is 165 Å². The average Bonchev–Trinajstić information content (AvgIpc) is 2.75. The molecule has 6 heteroatoms. The maximum absolute atomic E-state index is 13.1. The number of benzene rings is 2. The normalized spacial score (nSPS) is 14.2. The van der Waals surface area contributed by atoms with Gasteiger partial charge in [-0.1, -0.05) is 30.3 Å². The molecule has 0 aliphatic carbocycles. The lowest BCUT2D eigenvalue weighted by Gasteiger charge is -2.36. The van der Waals surface area contributed by atoms with Crippen LogP contribution in [0.4, 0.5) is 21.8 Å². The lowest BCUT2D eigenvalue weighted by Crippen LogP contribution is -2.47. The summed E-state index contributed by atoms with van der Waals surface area (Å²) in [5.74, 6) is 1.47. The minimum absolute atomic E-state index is 0.202. The lowest BCUT2D eigenvalue weighted by molar-refractivity contribution is 0.623. The third-order valence-corrected chi connectivity index (χ3v) is 5.04. The van der Waals surface area contributed by atoms with Gasteiger partial charge in [0.1, 0.15) is 11.6 Å². The van der Waals surface area contributed by atoms with Crippen molar-refractivity contribution in [2.24, 2.45) is 0 Å². The van der Waals surface area contributed by atoms with E-state index < -0.39 is 0 Å². The van der Waals surface area contributed by atoms with Gasteiger partial charge in [-0.3, -0.25) is 0 Å². The second-order valence-electron chi connectivity index (χ2n) is 7.01. The van der Waals surface area contributed by atoms with Gasteiger partial charge >= 0.3 is 0 Å². The fourth-order valence-corrected chi connectivity index (χ4v) is 3.46. The fourth-order valence-electron chi connectivity index (χ4n) is 3.46. The highest BCUT2D eigenvalue weighted by molar-refractivity contribution is 5.49. The minimum Gasteiger partial charge on any atom is -0.368 e. The first-order valence-corrected chi connectivity index (χ1v) is 9.52. The number of hydrogen-bond acceptors (Lipinski definition) is 5. The molecule has 5 nitrogen and oxygen atoms in total. The Bertz CT molecular complexity index is 892. The van der Waals surface area contributed by atoms with Gasteiger partial charge in [0.2, 0.25) is 5.95 Å². The maximum Gasteiger partial charge on any atom is 0.227 e. The van der Waals surface area contributed by atoms with Crippen molar-refractivity contribution in [2.75, 3.05) is 47.9 Å². The van der Waals surface area contributed by atoms with Crippen LogP contribution in [0.5, 0.6) is 0 Å². The van der Waals surface area contributed by atoms with Gasteiger partial charge in [0.05, 0.1) is 0 Å². The highest BCUT2D eigenvalue weighted by Crippen LogP contribution is 2.20. The third kappa shape index (κ3) is 4.22. The molecule has 0 radical (unpaired) electrons. The molecule has 2 heterocycles. The molecule has 1 aliphatic heterocycles. The van der Waals surface area contributed by atoms with Gasteiger partial charge < -0.3 is 14.7 Å². The summed E-state index contributed by atoms with van der Waals surface area (Å²) in [6.07, 6.45) is 1.82. The van der Waals surface area contributed by atoms with E-state index in [1.54, 1.807) is 0 Å². The zero-order chi connectivity index (χ0) is 19.3. The van der Waals surface area contributed by atoms with Crippen LogP contribution in [0.2, 0.25) is 0 Å². The van der Waals surface area contributed by atoms with E-state index in [0.717, 1.165) is 50.2 Å². The van der Waals surface area contributed by atoms with Crippen molar-refractivity contribution >= 4 is 17.5 Å². The van der Waals surface area contributed by atoms with E-state index >= 15 is 0 Å². The van der Waals surface area contributed by atoms with Crippen LogP contribution >= 0.6 is 0 Å². The van der Waals surface area contributed by atoms with Gasteiger partial charge in [-0.15, -0.1) is 0 Å². The topological polar surface area (TPSA) is 35.5 Å². The van der Waals surface area contributed by atoms with Crippen LogP contribution in [-0.4, -0.2) is 43.2 Å². The molecule has 0 amide bonds. The Balaban J connectivity index is 1.40. The number of anilines is 3. The molecule has 4 rings (SSSR count). The summed E-state index contributed by atoms with van der Waals surface area (Å²) >= 11 is 0. The van der Waals surface area contributed by atoms with Crippen LogP contribution in [0.15, 0.2) is 66.9 Å². The smallest absolute Gasteiger partial charge is 0.227 e. The van der Waals surface area contributed by atoms with Crippen molar-refractivity contribution in [3.63, 3.8) is 0 Å². The van der Waals surface area contributed by atoms with Gasteiger partial charge in [0.25, 0.3) is 0 Å². The molecular formula is C22H24FN5. The van der Waals surface area contributed by atoms with E-state index in [4.69, 9.17) is 4.98 Å². The minimum atomic E-state index is -0.202. The molecule has 1 aliphatic rings. The maximum atomic E-state index is 13.1. The molecule has 1 fully saturated rings. The molecule has 1 aromatic heterocycles. The fraction of sp³-hybridized carbons (Fsp3) is 0.273. The van der Waals surface area contributed by atoms with Crippen LogP contribution in [0, 0.1) is 5.82 Å². The molecule has 1 saturated heterocycles. The first kappa shape index (κ1) is 18.2. The molecule has 2 aromatic carbocycles. The Kier molecular flexibility index (Phi) is 5.37. The number of hydrogen-bond donors (Lipinski definition) is 0. The van der Waals surface area contributed by atoms with Crippen molar-refractivity contribution < 1.29 is 4.39 Å². The van der Waals surface area contributed by atoms with Crippen molar-refractivity contribution in [3.05, 3.63) is 78.2 Å². The molecule has 0 saturated carbocycles. The van der Waals surface area contributed by atoms with Crippen LogP contribution in [0.1, 0.15) is 5.56 Å². The number of rotatable bonds is 5. The van der Waals surface area contributed by atoms with Crippen LogP contribution in [-0.2, 0) is 6.54 Å². The second kappa shape index (κ2) is 8.25. The number of aromatic nitrogens is 2. The van der Waals surface area contributed by atoms with Crippen LogP contribution < -0.4 is 14.7 Å². The Morgan fingerprint density at radius 3 is 2.29 bits per heavy atom. The average molecular weight is 377 g/mol. The molecule has 0 unspecified atom stereocenters. The summed E-state index contributed by atoms with van der Waals surface area (Å²) in [7, 11) is 2.05. The molecule has 144 valence electrons. The SMILES string of the molecule is CN(Cc1ccccc1)c1ccnc(N2CCN(c3ccc(F)cc3)CC2)n1. The van der Waals surface area contributed by atoms with E-state index in [2.05, 4.69) is 43.9 Å². The Morgan fingerprint density at radius 1 is 0.893 bits per heavy atom. The second-order valence-corrected chi connectivity index (χ2v) is 7.01. The third-order valence-electron chi connectivity index (χ3n) is 5.04. The highest BCUT2D eigenvalue weighted by Gasteiger charge is 2.20. The van der Waals surface area contributed by atoms with Crippen molar-refractivity contribution in [1.29, 1.82) is 0 Å². The standard InChI is InChI=1S/C22H24FN5/c1-26(17-18-5-3-2-4-6-18)21-11-12-24-22(25-21)28-15-13-27(14-16-28)20-9-7-19(23)8-10-20/h2-12H,13-17H2,1H3. The highest BCUT2D eigenvalue weighted by atomic mass is 19.1. The number of nitrogens with zero attached hydrogens (tertiary/aromatic N) is 5. The molecule has 0 spiro atoms.